The van der Waals surface area contributed by atoms with Crippen molar-refractivity contribution in [3.8, 4) is 5.75 Å². The molecule has 1 aliphatic rings. The SMILES string of the molecule is Cc1ccc(CN(CC(O)COc2ccc(Cl)c(C)c2)CC2CCCO2)o1. The fourth-order valence-electron chi connectivity index (χ4n) is 3.32. The second-order valence-corrected chi connectivity index (χ2v) is 7.62. The van der Waals surface area contributed by atoms with Gasteiger partial charge in [-0.2, -0.15) is 0 Å². The molecule has 0 saturated carbocycles. The van der Waals surface area contributed by atoms with Gasteiger partial charge in [0.05, 0.1) is 12.6 Å². The highest BCUT2D eigenvalue weighted by atomic mass is 35.5. The lowest BCUT2D eigenvalue weighted by molar-refractivity contribution is 0.0289. The number of rotatable bonds is 9. The zero-order valence-corrected chi connectivity index (χ0v) is 16.7. The Labute approximate surface area is 165 Å². The number of furan rings is 1. The topological polar surface area (TPSA) is 55.1 Å². The fraction of sp³-hybridized carbons (Fsp3) is 0.524. The summed E-state index contributed by atoms with van der Waals surface area (Å²) in [5, 5.41) is 11.2. The molecule has 0 radical (unpaired) electrons. The first-order valence-electron chi connectivity index (χ1n) is 9.46. The lowest BCUT2D eigenvalue weighted by atomic mass is 10.2. The number of hydrogen-bond donors (Lipinski definition) is 1. The van der Waals surface area contributed by atoms with Crippen LogP contribution in [0.4, 0.5) is 0 Å². The van der Waals surface area contributed by atoms with E-state index in [-0.39, 0.29) is 12.7 Å². The minimum Gasteiger partial charge on any atom is -0.491 e. The van der Waals surface area contributed by atoms with Crippen molar-refractivity contribution in [2.75, 3.05) is 26.3 Å². The van der Waals surface area contributed by atoms with Gasteiger partial charge in [0.15, 0.2) is 0 Å². The number of ether oxygens (including phenoxy) is 2. The van der Waals surface area contributed by atoms with Crippen molar-refractivity contribution in [1.29, 1.82) is 0 Å². The molecule has 1 aromatic carbocycles. The highest BCUT2D eigenvalue weighted by Gasteiger charge is 2.22. The third-order valence-corrected chi connectivity index (χ3v) is 5.13. The van der Waals surface area contributed by atoms with Crippen molar-refractivity contribution >= 4 is 11.6 Å². The molecule has 0 spiro atoms. The Morgan fingerprint density at radius 3 is 2.81 bits per heavy atom. The Morgan fingerprint density at radius 2 is 2.15 bits per heavy atom. The average Bonchev–Trinajstić information content (AvgIpc) is 3.28. The molecule has 5 nitrogen and oxygen atoms in total. The Morgan fingerprint density at radius 1 is 1.30 bits per heavy atom. The van der Waals surface area contributed by atoms with E-state index in [1.54, 1.807) is 0 Å². The van der Waals surface area contributed by atoms with Crippen molar-refractivity contribution in [3.05, 3.63) is 52.4 Å². The number of aryl methyl sites for hydroxylation is 2. The number of hydrogen-bond acceptors (Lipinski definition) is 5. The third-order valence-electron chi connectivity index (χ3n) is 4.70. The molecule has 2 atom stereocenters. The van der Waals surface area contributed by atoms with E-state index in [2.05, 4.69) is 4.90 Å². The van der Waals surface area contributed by atoms with Crippen LogP contribution in [0.1, 0.15) is 29.9 Å². The van der Waals surface area contributed by atoms with E-state index in [9.17, 15) is 5.11 Å². The van der Waals surface area contributed by atoms with Gasteiger partial charge in [0.25, 0.3) is 0 Å². The maximum Gasteiger partial charge on any atom is 0.119 e. The normalized spacial score (nSPS) is 18.2. The Hall–Kier alpha value is -1.53. The van der Waals surface area contributed by atoms with Crippen LogP contribution in [0.5, 0.6) is 5.75 Å². The molecule has 6 heteroatoms. The van der Waals surface area contributed by atoms with E-state index < -0.39 is 6.10 Å². The summed E-state index contributed by atoms with van der Waals surface area (Å²) >= 11 is 6.04. The predicted octanol–water partition coefficient (Wildman–Crippen LogP) is 3.97. The molecule has 2 unspecified atom stereocenters. The van der Waals surface area contributed by atoms with Gasteiger partial charge in [-0.05, 0) is 62.6 Å². The summed E-state index contributed by atoms with van der Waals surface area (Å²) in [6.45, 7) is 6.82. The minimum absolute atomic E-state index is 0.216. The molecule has 2 aromatic rings. The van der Waals surface area contributed by atoms with Gasteiger partial charge in [-0.3, -0.25) is 4.90 Å². The standard InChI is InChI=1S/C21H28ClNO4/c1-15-10-18(7-8-21(15)22)26-14-17(24)11-23(12-19-4-3-9-25-19)13-20-6-5-16(2)27-20/h5-8,10,17,19,24H,3-4,9,11-14H2,1-2H3. The van der Waals surface area contributed by atoms with Crippen LogP contribution in [0.3, 0.4) is 0 Å². The van der Waals surface area contributed by atoms with E-state index >= 15 is 0 Å². The minimum atomic E-state index is -0.613. The van der Waals surface area contributed by atoms with E-state index in [0.717, 1.165) is 43.1 Å². The number of aliphatic hydroxyl groups is 1. The summed E-state index contributed by atoms with van der Waals surface area (Å²) in [4.78, 5) is 2.18. The van der Waals surface area contributed by atoms with Gasteiger partial charge in [0.1, 0.15) is 30.0 Å². The summed E-state index contributed by atoms with van der Waals surface area (Å²) < 4.78 is 17.2. The first-order valence-corrected chi connectivity index (χ1v) is 9.83. The molecule has 0 amide bonds. The molecule has 1 aromatic heterocycles. The number of nitrogens with zero attached hydrogens (tertiary/aromatic N) is 1. The zero-order valence-electron chi connectivity index (χ0n) is 16.0. The van der Waals surface area contributed by atoms with E-state index in [0.29, 0.717) is 23.9 Å². The Bertz CT molecular complexity index is 727. The number of benzene rings is 1. The molecule has 1 aliphatic heterocycles. The second kappa shape index (κ2) is 9.60. The van der Waals surface area contributed by atoms with E-state index in [1.165, 1.54) is 0 Å². The lowest BCUT2D eigenvalue weighted by Crippen LogP contribution is -2.39. The molecule has 1 saturated heterocycles. The molecular formula is C21H28ClNO4. The van der Waals surface area contributed by atoms with Crippen molar-refractivity contribution in [1.82, 2.24) is 4.90 Å². The third kappa shape index (κ3) is 6.25. The van der Waals surface area contributed by atoms with Crippen molar-refractivity contribution in [2.45, 2.75) is 45.4 Å². The molecule has 148 valence electrons. The molecule has 1 fully saturated rings. The molecule has 0 bridgehead atoms. The fourth-order valence-corrected chi connectivity index (χ4v) is 3.44. The van der Waals surface area contributed by atoms with Crippen molar-refractivity contribution in [2.24, 2.45) is 0 Å². The van der Waals surface area contributed by atoms with Crippen LogP contribution in [0.25, 0.3) is 0 Å². The van der Waals surface area contributed by atoms with Crippen molar-refractivity contribution < 1.29 is 19.0 Å². The van der Waals surface area contributed by atoms with Gasteiger partial charge in [-0.15, -0.1) is 0 Å². The molecule has 2 heterocycles. The van der Waals surface area contributed by atoms with Gasteiger partial charge in [0.2, 0.25) is 0 Å². The van der Waals surface area contributed by atoms with E-state index in [4.69, 9.17) is 25.5 Å². The summed E-state index contributed by atoms with van der Waals surface area (Å²) in [6.07, 6.45) is 1.76. The van der Waals surface area contributed by atoms with Gasteiger partial charge in [-0.1, -0.05) is 11.6 Å². The van der Waals surface area contributed by atoms with Crippen LogP contribution in [0.2, 0.25) is 5.02 Å². The highest BCUT2D eigenvalue weighted by molar-refractivity contribution is 6.31. The van der Waals surface area contributed by atoms with Crippen molar-refractivity contribution in [3.63, 3.8) is 0 Å². The lowest BCUT2D eigenvalue weighted by Gasteiger charge is -2.26. The summed E-state index contributed by atoms with van der Waals surface area (Å²) in [6, 6.07) is 9.45. The summed E-state index contributed by atoms with van der Waals surface area (Å²) in [5.74, 6) is 2.50. The first kappa shape index (κ1) is 20.2. The quantitative estimate of drug-likeness (QED) is 0.698. The highest BCUT2D eigenvalue weighted by Crippen LogP contribution is 2.21. The van der Waals surface area contributed by atoms with Crippen LogP contribution in [-0.4, -0.2) is 48.5 Å². The van der Waals surface area contributed by atoms with Crippen LogP contribution < -0.4 is 4.74 Å². The summed E-state index contributed by atoms with van der Waals surface area (Å²) in [7, 11) is 0. The Kier molecular flexibility index (Phi) is 7.19. The molecular weight excluding hydrogens is 366 g/mol. The predicted molar refractivity (Wildman–Crippen MR) is 105 cm³/mol. The van der Waals surface area contributed by atoms with Crippen LogP contribution in [-0.2, 0) is 11.3 Å². The molecule has 1 N–H and O–H groups in total. The van der Waals surface area contributed by atoms with Crippen LogP contribution >= 0.6 is 11.6 Å². The smallest absolute Gasteiger partial charge is 0.119 e. The average molecular weight is 394 g/mol. The molecule has 0 aliphatic carbocycles. The largest absolute Gasteiger partial charge is 0.491 e. The monoisotopic (exact) mass is 393 g/mol. The second-order valence-electron chi connectivity index (χ2n) is 7.22. The zero-order chi connectivity index (χ0) is 19.2. The summed E-state index contributed by atoms with van der Waals surface area (Å²) in [5.41, 5.74) is 0.955. The molecule has 3 rings (SSSR count). The molecule has 27 heavy (non-hydrogen) atoms. The maximum absolute atomic E-state index is 10.5. The first-order chi connectivity index (χ1) is 13.0. The van der Waals surface area contributed by atoms with Gasteiger partial charge >= 0.3 is 0 Å². The van der Waals surface area contributed by atoms with Crippen LogP contribution in [0, 0.1) is 13.8 Å². The van der Waals surface area contributed by atoms with E-state index in [1.807, 2.05) is 44.2 Å². The maximum atomic E-state index is 10.5. The number of aliphatic hydroxyl groups excluding tert-OH is 1. The Balaban J connectivity index is 1.55. The number of halogens is 1. The van der Waals surface area contributed by atoms with Gasteiger partial charge < -0.3 is 19.0 Å². The van der Waals surface area contributed by atoms with Gasteiger partial charge in [0, 0.05) is 24.7 Å². The van der Waals surface area contributed by atoms with Crippen LogP contribution in [0.15, 0.2) is 34.7 Å². The van der Waals surface area contributed by atoms with Gasteiger partial charge in [-0.25, -0.2) is 0 Å².